The van der Waals surface area contributed by atoms with Crippen LogP contribution in [0.1, 0.15) is 40.5 Å². The molecule has 1 amide bonds. The first-order valence-corrected chi connectivity index (χ1v) is 24.2. The minimum atomic E-state index is -3.60. The van der Waals surface area contributed by atoms with Crippen LogP contribution >= 0.6 is 22.9 Å². The predicted octanol–water partition coefficient (Wildman–Crippen LogP) is 2.59. The van der Waals surface area contributed by atoms with Gasteiger partial charge in [-0.3, -0.25) is 18.5 Å². The van der Waals surface area contributed by atoms with Crippen LogP contribution < -0.4 is 5.32 Å². The fourth-order valence-electron chi connectivity index (χ4n) is 7.51. The molecule has 0 aromatic carbocycles. The van der Waals surface area contributed by atoms with Gasteiger partial charge in [-0.25, -0.2) is 23.4 Å². The molecule has 9 atom stereocenters. The molecule has 9 unspecified atom stereocenters. The summed E-state index contributed by atoms with van der Waals surface area (Å²) in [5, 5.41) is 3.05. The Bertz CT molecular complexity index is 1330. The largest absolute Gasteiger partial charge is 0.370 e. The van der Waals surface area contributed by atoms with Crippen molar-refractivity contribution in [3.63, 3.8) is 0 Å². The molecule has 0 aromatic rings. The topological polar surface area (TPSA) is 158 Å². The summed E-state index contributed by atoms with van der Waals surface area (Å²) in [6, 6.07) is 0. The monoisotopic (exact) mass is 830 g/mol. The zero-order valence-corrected chi connectivity index (χ0v) is 37.0. The highest BCUT2D eigenvalue weighted by Gasteiger charge is 2.45. The Hall–Kier alpha value is -0.360. The van der Waals surface area contributed by atoms with Gasteiger partial charge in [0.1, 0.15) is 0 Å². The minimum absolute atomic E-state index is 0.000625. The zero-order chi connectivity index (χ0) is 39.8. The van der Waals surface area contributed by atoms with Gasteiger partial charge in [0.25, 0.3) is 7.52 Å². The number of ether oxygens (including phenoxy) is 3. The summed E-state index contributed by atoms with van der Waals surface area (Å²) < 4.78 is 89.3. The predicted molar refractivity (Wildman–Crippen MR) is 209 cm³/mol. The van der Waals surface area contributed by atoms with Crippen LogP contribution in [-0.4, -0.2) is 210 Å². The van der Waals surface area contributed by atoms with Crippen molar-refractivity contribution in [3.05, 3.63) is 0 Å². The number of carbonyl (C=O) groups excluding carboxylic acids is 1. The maximum atomic E-state index is 14.7. The normalized spacial score (nSPS) is 32.0. The second-order valence-electron chi connectivity index (χ2n) is 15.5. The zero-order valence-electron chi connectivity index (χ0n) is 34.3. The van der Waals surface area contributed by atoms with Gasteiger partial charge in [0.15, 0.2) is 0 Å². The Labute approximate surface area is 324 Å². The van der Waals surface area contributed by atoms with E-state index in [-0.39, 0.29) is 69.5 Å². The van der Waals surface area contributed by atoms with E-state index in [9.17, 15) is 18.5 Å². The minimum Gasteiger partial charge on any atom is -0.370 e. The number of carbonyl (C=O) groups is 1. The van der Waals surface area contributed by atoms with E-state index in [0.717, 1.165) is 13.0 Å². The third-order valence-electron chi connectivity index (χ3n) is 10.0. The molecular weight excluding hydrogens is 761 g/mol. The number of rotatable bonds is 18. The first kappa shape index (κ1) is 46.3. The molecule has 4 fully saturated rings. The molecule has 4 saturated heterocycles. The highest BCUT2D eigenvalue weighted by molar-refractivity contribution is 7.56. The number of hydrogen-bond donors (Lipinski definition) is 1. The Morgan fingerprint density at radius 2 is 1.15 bits per heavy atom. The average Bonchev–Trinajstić information content (AvgIpc) is 3.11. The van der Waals surface area contributed by atoms with Crippen molar-refractivity contribution >= 4 is 28.8 Å². The van der Waals surface area contributed by atoms with E-state index in [1.807, 2.05) is 49.0 Å². The molecule has 18 nitrogen and oxygen atoms in total. The Balaban J connectivity index is 1.38. The van der Waals surface area contributed by atoms with Crippen LogP contribution in [0.15, 0.2) is 0 Å². The van der Waals surface area contributed by atoms with E-state index in [4.69, 9.17) is 27.8 Å². The van der Waals surface area contributed by atoms with E-state index in [0.29, 0.717) is 52.2 Å². The molecule has 316 valence electrons. The molecule has 4 aliphatic heterocycles. The van der Waals surface area contributed by atoms with Crippen LogP contribution in [0.3, 0.4) is 0 Å². The lowest BCUT2D eigenvalue weighted by molar-refractivity contribution is -0.132. The average molecular weight is 831 g/mol. The third kappa shape index (κ3) is 12.1. The smallest absolute Gasteiger partial charge is 0.345 e. The standard InChI is InChI=1S/C33H69N8O10P3/c1-11-12-33(42)38-13-15-39(16-14-38)53(44,35(6)7)47-25-32-22-41(19-29(4)51-32)54(45,36(8)9)48-24-31-21-40(18-28(3)50-31)52(43,26-34-5)46-23-30-20-37(10)17-27(2)49-30/h27-32,34H,11-26H2,1-10H3. The number of nitrogens with zero attached hydrogens (tertiary/aromatic N) is 7. The molecule has 21 heteroatoms. The number of hydrogen-bond acceptors (Lipinski definition) is 12. The molecule has 0 bridgehead atoms. The summed E-state index contributed by atoms with van der Waals surface area (Å²) in [5.74, 6) is 0.114. The Morgan fingerprint density at radius 1 is 0.685 bits per heavy atom. The number of piperazine rings is 1. The lowest BCUT2D eigenvalue weighted by Gasteiger charge is -2.44. The second kappa shape index (κ2) is 20.6. The molecule has 4 aliphatic rings. The van der Waals surface area contributed by atoms with Gasteiger partial charge in [-0.1, -0.05) is 6.92 Å². The van der Waals surface area contributed by atoms with Crippen molar-refractivity contribution in [3.8, 4) is 0 Å². The summed E-state index contributed by atoms with van der Waals surface area (Å²) in [7, 11) is 0.306. The van der Waals surface area contributed by atoms with Crippen LogP contribution in [0.25, 0.3) is 0 Å². The van der Waals surface area contributed by atoms with Gasteiger partial charge >= 0.3 is 15.3 Å². The fourth-order valence-corrected chi connectivity index (χ4v) is 13.7. The van der Waals surface area contributed by atoms with E-state index >= 15 is 0 Å². The first-order valence-electron chi connectivity index (χ1n) is 19.3. The number of nitrogens with one attached hydrogen (secondary N) is 1. The summed E-state index contributed by atoms with van der Waals surface area (Å²) in [6.07, 6.45) is -0.307. The molecule has 54 heavy (non-hydrogen) atoms. The SMILES string of the molecule is CCCC(=O)N1CCN(P(=O)(OCC2CN(P(=O)(OCC3CN(P(=O)(CNC)OCC4CN(C)CC(C)O4)CC(C)O3)N(C)C)CC(C)O2)N(C)C)CC1. The van der Waals surface area contributed by atoms with Crippen molar-refractivity contribution in [1.29, 1.82) is 0 Å². The molecule has 1 N–H and O–H groups in total. The van der Waals surface area contributed by atoms with E-state index in [1.54, 1.807) is 49.2 Å². The van der Waals surface area contributed by atoms with Crippen molar-refractivity contribution in [2.75, 3.05) is 134 Å². The van der Waals surface area contributed by atoms with Crippen molar-refractivity contribution in [2.24, 2.45) is 0 Å². The van der Waals surface area contributed by atoms with Crippen LogP contribution in [0.2, 0.25) is 0 Å². The molecular formula is C33H69N8O10P3. The molecule has 0 saturated carbocycles. The number of morpholine rings is 3. The van der Waals surface area contributed by atoms with Crippen molar-refractivity contribution < 1.29 is 46.3 Å². The fraction of sp³-hybridized carbons (Fsp3) is 0.970. The van der Waals surface area contributed by atoms with E-state index in [2.05, 4.69) is 10.2 Å². The van der Waals surface area contributed by atoms with Gasteiger partial charge in [-0.05, 0) is 69.5 Å². The lowest BCUT2D eigenvalue weighted by atomic mass is 10.2. The summed E-state index contributed by atoms with van der Waals surface area (Å²) in [5.41, 5.74) is 0. The second-order valence-corrected chi connectivity index (χ2v) is 23.1. The van der Waals surface area contributed by atoms with Gasteiger partial charge < -0.3 is 42.9 Å². The van der Waals surface area contributed by atoms with Crippen LogP contribution in [0, 0.1) is 0 Å². The Morgan fingerprint density at radius 3 is 1.65 bits per heavy atom. The maximum Gasteiger partial charge on any atom is 0.345 e. The highest BCUT2D eigenvalue weighted by atomic mass is 31.2. The molecule has 0 radical (unpaired) electrons. The van der Waals surface area contributed by atoms with E-state index < -0.39 is 35.1 Å². The molecule has 0 spiro atoms. The third-order valence-corrected chi connectivity index (χ3v) is 17.6. The molecule has 0 aliphatic carbocycles. The summed E-state index contributed by atoms with van der Waals surface area (Å²) in [4.78, 5) is 16.4. The van der Waals surface area contributed by atoms with Gasteiger partial charge in [0, 0.05) is 71.9 Å². The molecule has 4 heterocycles. The van der Waals surface area contributed by atoms with Crippen LogP contribution in [-0.2, 0) is 46.3 Å². The summed E-state index contributed by atoms with van der Waals surface area (Å²) >= 11 is 0. The van der Waals surface area contributed by atoms with Gasteiger partial charge in [-0.2, -0.15) is 0 Å². The number of amides is 1. The maximum absolute atomic E-state index is 14.7. The lowest BCUT2D eigenvalue weighted by Crippen LogP contribution is -2.51. The number of likely N-dealkylation sites (N-methyl/N-ethyl adjacent to an activating group) is 1. The van der Waals surface area contributed by atoms with E-state index in [1.165, 1.54) is 0 Å². The van der Waals surface area contributed by atoms with Crippen LogP contribution in [0.5, 0.6) is 0 Å². The van der Waals surface area contributed by atoms with Gasteiger partial charge in [0.05, 0.1) is 62.7 Å². The molecule has 0 aromatic heterocycles. The van der Waals surface area contributed by atoms with Crippen molar-refractivity contribution in [1.82, 2.24) is 38.5 Å². The highest BCUT2D eigenvalue weighted by Crippen LogP contribution is 2.56. The first-order chi connectivity index (χ1) is 25.4. The quantitative estimate of drug-likeness (QED) is 0.201. The Kier molecular flexibility index (Phi) is 17.6. The van der Waals surface area contributed by atoms with Gasteiger partial charge in [0.2, 0.25) is 5.91 Å². The van der Waals surface area contributed by atoms with Gasteiger partial charge in [-0.15, -0.1) is 0 Å². The molecule has 4 rings (SSSR count). The van der Waals surface area contributed by atoms with Crippen molar-refractivity contribution in [2.45, 2.75) is 77.2 Å². The van der Waals surface area contributed by atoms with Crippen LogP contribution in [0.4, 0.5) is 0 Å². The summed E-state index contributed by atoms with van der Waals surface area (Å²) in [6.45, 7) is 12.7.